The van der Waals surface area contributed by atoms with Crippen LogP contribution in [0, 0.1) is 0 Å². The van der Waals surface area contributed by atoms with Crippen LogP contribution in [0.5, 0.6) is 11.5 Å². The third-order valence-corrected chi connectivity index (χ3v) is 1.78. The highest BCUT2D eigenvalue weighted by Crippen LogP contribution is 2.23. The molecule has 0 aliphatic carbocycles. The predicted molar refractivity (Wildman–Crippen MR) is 52.1 cm³/mol. The van der Waals surface area contributed by atoms with Gasteiger partial charge >= 0.3 is 0 Å². The molecule has 0 heterocycles. The molecule has 1 aromatic carbocycles. The topological polar surface area (TPSA) is 44.5 Å². The number of rotatable bonds is 4. The summed E-state index contributed by atoms with van der Waals surface area (Å²) in [5.74, 6) is 1.65. The molecule has 2 N–H and O–H groups in total. The Kier molecular flexibility index (Phi) is 3.58. The number of benzene rings is 1. The molecule has 0 fully saturated rings. The molecule has 0 aromatic heterocycles. The minimum absolute atomic E-state index is 0.462. The van der Waals surface area contributed by atoms with Crippen LogP contribution in [0.15, 0.2) is 18.2 Å². The average molecular weight is 181 g/mol. The van der Waals surface area contributed by atoms with E-state index in [1.54, 1.807) is 7.11 Å². The van der Waals surface area contributed by atoms with Crippen LogP contribution in [0.2, 0.25) is 0 Å². The predicted octanol–water partition coefficient (Wildman–Crippen LogP) is 1.55. The second kappa shape index (κ2) is 4.72. The van der Waals surface area contributed by atoms with E-state index in [4.69, 9.17) is 15.2 Å². The summed E-state index contributed by atoms with van der Waals surface area (Å²) in [6.45, 7) is 3.08. The van der Waals surface area contributed by atoms with Crippen LogP contribution in [0.1, 0.15) is 12.5 Å². The molecule has 0 aliphatic rings. The Morgan fingerprint density at radius 1 is 1.38 bits per heavy atom. The fourth-order valence-electron chi connectivity index (χ4n) is 1.17. The van der Waals surface area contributed by atoms with Gasteiger partial charge < -0.3 is 15.2 Å². The first-order valence-electron chi connectivity index (χ1n) is 4.31. The maximum Gasteiger partial charge on any atom is 0.123 e. The summed E-state index contributed by atoms with van der Waals surface area (Å²) >= 11 is 0. The zero-order valence-electron chi connectivity index (χ0n) is 8.04. The second-order valence-corrected chi connectivity index (χ2v) is 2.61. The molecule has 0 aliphatic heterocycles. The van der Waals surface area contributed by atoms with Gasteiger partial charge in [0.2, 0.25) is 0 Å². The average Bonchev–Trinajstić information content (AvgIpc) is 2.18. The van der Waals surface area contributed by atoms with Gasteiger partial charge in [-0.25, -0.2) is 0 Å². The molecule has 3 nitrogen and oxygen atoms in total. The summed E-state index contributed by atoms with van der Waals surface area (Å²) < 4.78 is 10.5. The van der Waals surface area contributed by atoms with Crippen molar-refractivity contribution >= 4 is 0 Å². The van der Waals surface area contributed by atoms with Gasteiger partial charge in [0.05, 0.1) is 13.7 Å². The lowest BCUT2D eigenvalue weighted by atomic mass is 10.2. The summed E-state index contributed by atoms with van der Waals surface area (Å²) in [5, 5.41) is 0. The summed E-state index contributed by atoms with van der Waals surface area (Å²) in [6, 6.07) is 5.65. The van der Waals surface area contributed by atoms with Crippen LogP contribution in [0.25, 0.3) is 0 Å². The molecule has 0 saturated heterocycles. The Morgan fingerprint density at radius 3 is 2.69 bits per heavy atom. The molecule has 0 radical (unpaired) electrons. The van der Waals surface area contributed by atoms with E-state index in [1.807, 2.05) is 25.1 Å². The highest BCUT2D eigenvalue weighted by atomic mass is 16.5. The molecule has 0 saturated carbocycles. The van der Waals surface area contributed by atoms with Crippen LogP contribution < -0.4 is 15.2 Å². The molecule has 0 atom stereocenters. The molecule has 0 amide bonds. The number of hydrogen-bond donors (Lipinski definition) is 1. The quantitative estimate of drug-likeness (QED) is 0.766. The first kappa shape index (κ1) is 9.86. The van der Waals surface area contributed by atoms with Gasteiger partial charge in [0, 0.05) is 12.1 Å². The van der Waals surface area contributed by atoms with Crippen molar-refractivity contribution < 1.29 is 9.47 Å². The Labute approximate surface area is 78.5 Å². The third-order valence-electron chi connectivity index (χ3n) is 1.78. The number of nitrogens with two attached hydrogens (primary N) is 1. The van der Waals surface area contributed by atoms with Crippen molar-refractivity contribution in [2.45, 2.75) is 13.5 Å². The molecular formula is C10H15NO2. The molecule has 0 spiro atoms. The SMILES string of the molecule is CCOc1ccc(OC)c(CN)c1. The molecule has 0 bridgehead atoms. The Hall–Kier alpha value is -1.22. The first-order valence-corrected chi connectivity index (χ1v) is 4.31. The first-order chi connectivity index (χ1) is 6.31. The Morgan fingerprint density at radius 2 is 2.15 bits per heavy atom. The molecule has 0 unspecified atom stereocenters. The maximum atomic E-state index is 5.56. The van der Waals surface area contributed by atoms with Gasteiger partial charge in [0.1, 0.15) is 11.5 Å². The van der Waals surface area contributed by atoms with E-state index in [-0.39, 0.29) is 0 Å². The molecule has 1 aromatic rings. The van der Waals surface area contributed by atoms with E-state index in [1.165, 1.54) is 0 Å². The Balaban J connectivity index is 2.91. The largest absolute Gasteiger partial charge is 0.496 e. The zero-order chi connectivity index (χ0) is 9.68. The van der Waals surface area contributed by atoms with E-state index in [9.17, 15) is 0 Å². The number of methoxy groups -OCH3 is 1. The van der Waals surface area contributed by atoms with Gasteiger partial charge in [-0.1, -0.05) is 0 Å². The summed E-state index contributed by atoms with van der Waals surface area (Å²) in [4.78, 5) is 0. The van der Waals surface area contributed by atoms with Crippen molar-refractivity contribution in [3.8, 4) is 11.5 Å². The number of hydrogen-bond acceptors (Lipinski definition) is 3. The van der Waals surface area contributed by atoms with Crippen LogP contribution in [-0.4, -0.2) is 13.7 Å². The lowest BCUT2D eigenvalue weighted by molar-refractivity contribution is 0.338. The molecule has 1 rings (SSSR count). The van der Waals surface area contributed by atoms with Crippen molar-refractivity contribution in [1.29, 1.82) is 0 Å². The summed E-state index contributed by atoms with van der Waals surface area (Å²) in [7, 11) is 1.63. The monoisotopic (exact) mass is 181 g/mol. The van der Waals surface area contributed by atoms with Crippen molar-refractivity contribution in [2.24, 2.45) is 5.73 Å². The minimum Gasteiger partial charge on any atom is -0.496 e. The molecule has 13 heavy (non-hydrogen) atoms. The number of ether oxygens (including phenoxy) is 2. The van der Waals surface area contributed by atoms with Crippen molar-refractivity contribution in [3.63, 3.8) is 0 Å². The molecule has 3 heteroatoms. The lowest BCUT2D eigenvalue weighted by Gasteiger charge is -2.09. The van der Waals surface area contributed by atoms with E-state index >= 15 is 0 Å². The third kappa shape index (κ3) is 2.36. The molecular weight excluding hydrogens is 166 g/mol. The molecule has 72 valence electrons. The van der Waals surface area contributed by atoms with Crippen LogP contribution >= 0.6 is 0 Å². The van der Waals surface area contributed by atoms with Gasteiger partial charge in [0.15, 0.2) is 0 Å². The van der Waals surface area contributed by atoms with Crippen LogP contribution in [-0.2, 0) is 6.54 Å². The fraction of sp³-hybridized carbons (Fsp3) is 0.400. The van der Waals surface area contributed by atoms with Gasteiger partial charge in [-0.15, -0.1) is 0 Å². The summed E-state index contributed by atoms with van der Waals surface area (Å²) in [5.41, 5.74) is 6.52. The highest BCUT2D eigenvalue weighted by molar-refractivity contribution is 5.40. The zero-order valence-corrected chi connectivity index (χ0v) is 8.04. The Bertz CT molecular complexity index is 274. The normalized spacial score (nSPS) is 9.77. The standard InChI is InChI=1S/C10H15NO2/c1-3-13-9-4-5-10(12-2)8(6-9)7-11/h4-6H,3,7,11H2,1-2H3. The highest BCUT2D eigenvalue weighted by Gasteiger charge is 2.02. The van der Waals surface area contributed by atoms with Gasteiger partial charge in [0.25, 0.3) is 0 Å². The van der Waals surface area contributed by atoms with Crippen LogP contribution in [0.3, 0.4) is 0 Å². The fourth-order valence-corrected chi connectivity index (χ4v) is 1.17. The minimum atomic E-state index is 0.462. The van der Waals surface area contributed by atoms with Gasteiger partial charge in [-0.3, -0.25) is 0 Å². The van der Waals surface area contributed by atoms with Crippen molar-refractivity contribution in [2.75, 3.05) is 13.7 Å². The van der Waals surface area contributed by atoms with E-state index < -0.39 is 0 Å². The summed E-state index contributed by atoms with van der Waals surface area (Å²) in [6.07, 6.45) is 0. The second-order valence-electron chi connectivity index (χ2n) is 2.61. The van der Waals surface area contributed by atoms with E-state index in [0.717, 1.165) is 17.1 Å². The van der Waals surface area contributed by atoms with E-state index in [0.29, 0.717) is 13.2 Å². The smallest absolute Gasteiger partial charge is 0.123 e. The van der Waals surface area contributed by atoms with Gasteiger partial charge in [-0.2, -0.15) is 0 Å². The van der Waals surface area contributed by atoms with Gasteiger partial charge in [-0.05, 0) is 25.1 Å². The van der Waals surface area contributed by atoms with Crippen LogP contribution in [0.4, 0.5) is 0 Å². The van der Waals surface area contributed by atoms with Crippen molar-refractivity contribution in [1.82, 2.24) is 0 Å². The lowest BCUT2D eigenvalue weighted by Crippen LogP contribution is -2.01. The van der Waals surface area contributed by atoms with E-state index in [2.05, 4.69) is 0 Å². The van der Waals surface area contributed by atoms with Crippen molar-refractivity contribution in [3.05, 3.63) is 23.8 Å². The maximum absolute atomic E-state index is 5.56.